The molecular formula is C9H11N3OS. The summed E-state index contributed by atoms with van der Waals surface area (Å²) in [5.74, 6) is 1.29. The summed E-state index contributed by atoms with van der Waals surface area (Å²) >= 11 is 1.60. The second-order valence-electron chi connectivity index (χ2n) is 2.94. The lowest BCUT2D eigenvalue weighted by atomic mass is 10.3. The van der Waals surface area contributed by atoms with Gasteiger partial charge in [0.05, 0.1) is 10.9 Å². The first-order valence-corrected chi connectivity index (χ1v) is 5.24. The van der Waals surface area contributed by atoms with Gasteiger partial charge in [0.1, 0.15) is 0 Å². The first-order chi connectivity index (χ1) is 6.81. The van der Waals surface area contributed by atoms with Crippen molar-refractivity contribution < 1.29 is 4.52 Å². The minimum absolute atomic E-state index is 0.0937. The van der Waals surface area contributed by atoms with Gasteiger partial charge in [-0.15, -0.1) is 11.3 Å². The lowest BCUT2D eigenvalue weighted by molar-refractivity contribution is 0.347. The Morgan fingerprint density at radius 1 is 1.57 bits per heavy atom. The molecule has 2 rings (SSSR count). The smallest absolute Gasteiger partial charge is 0.243 e. The Labute approximate surface area is 86.0 Å². The summed E-state index contributed by atoms with van der Waals surface area (Å²) in [6, 6.07) is 4.04. The van der Waals surface area contributed by atoms with Crippen LogP contribution in [0, 0.1) is 0 Å². The maximum absolute atomic E-state index is 5.12. The van der Waals surface area contributed by atoms with E-state index in [-0.39, 0.29) is 6.04 Å². The van der Waals surface area contributed by atoms with Gasteiger partial charge >= 0.3 is 0 Å². The molecule has 0 saturated heterocycles. The quantitative estimate of drug-likeness (QED) is 0.840. The van der Waals surface area contributed by atoms with E-state index < -0.39 is 0 Å². The van der Waals surface area contributed by atoms with Crippen molar-refractivity contribution in [1.82, 2.24) is 15.5 Å². The third-order valence-electron chi connectivity index (χ3n) is 1.99. The molecule has 0 aliphatic rings. The topological polar surface area (TPSA) is 51.0 Å². The predicted molar refractivity (Wildman–Crippen MR) is 55.1 cm³/mol. The number of rotatable bonds is 3. The van der Waals surface area contributed by atoms with Crippen molar-refractivity contribution in [2.75, 3.05) is 7.05 Å². The minimum Gasteiger partial charge on any atom is -0.337 e. The fourth-order valence-electron chi connectivity index (χ4n) is 1.04. The number of nitrogens with zero attached hydrogens (tertiary/aromatic N) is 2. The lowest BCUT2D eigenvalue weighted by Crippen LogP contribution is -2.12. The molecule has 5 heteroatoms. The van der Waals surface area contributed by atoms with Crippen LogP contribution in [0.25, 0.3) is 10.7 Å². The molecule has 0 spiro atoms. The van der Waals surface area contributed by atoms with E-state index in [1.165, 1.54) is 0 Å². The molecule has 0 aliphatic heterocycles. The standard InChI is InChI=1S/C9H11N3OS/c1-6(10-2)9-11-8(12-13-9)7-4-3-5-14-7/h3-6,10H,1-2H3. The molecule has 0 fully saturated rings. The molecule has 2 heterocycles. The van der Waals surface area contributed by atoms with Crippen LogP contribution in [0.2, 0.25) is 0 Å². The largest absolute Gasteiger partial charge is 0.337 e. The van der Waals surface area contributed by atoms with Gasteiger partial charge in [0.15, 0.2) is 0 Å². The van der Waals surface area contributed by atoms with Gasteiger partial charge in [-0.1, -0.05) is 11.2 Å². The van der Waals surface area contributed by atoms with Crippen molar-refractivity contribution in [1.29, 1.82) is 0 Å². The highest BCUT2D eigenvalue weighted by Gasteiger charge is 2.13. The fourth-order valence-corrected chi connectivity index (χ4v) is 1.69. The maximum atomic E-state index is 5.12. The van der Waals surface area contributed by atoms with Crippen molar-refractivity contribution in [2.45, 2.75) is 13.0 Å². The van der Waals surface area contributed by atoms with Gasteiger partial charge in [-0.05, 0) is 25.4 Å². The summed E-state index contributed by atoms with van der Waals surface area (Å²) in [6.45, 7) is 1.98. The average molecular weight is 209 g/mol. The molecule has 0 aliphatic carbocycles. The van der Waals surface area contributed by atoms with Crippen LogP contribution in [0.5, 0.6) is 0 Å². The molecular weight excluding hydrogens is 198 g/mol. The van der Waals surface area contributed by atoms with Gasteiger partial charge in [0.25, 0.3) is 0 Å². The van der Waals surface area contributed by atoms with Gasteiger partial charge in [-0.3, -0.25) is 0 Å². The van der Waals surface area contributed by atoms with Gasteiger partial charge in [-0.2, -0.15) is 4.98 Å². The summed E-state index contributed by atoms with van der Waals surface area (Å²) in [6.07, 6.45) is 0. The number of aromatic nitrogens is 2. The molecule has 14 heavy (non-hydrogen) atoms. The highest BCUT2D eigenvalue weighted by atomic mass is 32.1. The Hall–Kier alpha value is -1.20. The number of hydrogen-bond donors (Lipinski definition) is 1. The first-order valence-electron chi connectivity index (χ1n) is 4.36. The summed E-state index contributed by atoms with van der Waals surface area (Å²) in [7, 11) is 1.86. The van der Waals surface area contributed by atoms with Crippen molar-refractivity contribution in [2.24, 2.45) is 0 Å². The van der Waals surface area contributed by atoms with Gasteiger partial charge < -0.3 is 9.84 Å². The Kier molecular flexibility index (Phi) is 2.60. The van der Waals surface area contributed by atoms with Crippen LogP contribution in [-0.4, -0.2) is 17.2 Å². The normalized spacial score (nSPS) is 13.0. The first kappa shape index (κ1) is 9.36. The van der Waals surface area contributed by atoms with Crippen molar-refractivity contribution in [3.63, 3.8) is 0 Å². The summed E-state index contributed by atoms with van der Waals surface area (Å²) < 4.78 is 5.12. The SMILES string of the molecule is CNC(C)c1nc(-c2cccs2)no1. The van der Waals surface area contributed by atoms with E-state index in [1.54, 1.807) is 11.3 Å². The second-order valence-corrected chi connectivity index (χ2v) is 3.89. The van der Waals surface area contributed by atoms with E-state index in [9.17, 15) is 0 Å². The number of hydrogen-bond acceptors (Lipinski definition) is 5. The van der Waals surface area contributed by atoms with E-state index in [4.69, 9.17) is 4.52 Å². The number of nitrogens with one attached hydrogen (secondary N) is 1. The van der Waals surface area contributed by atoms with E-state index in [0.717, 1.165) is 4.88 Å². The fraction of sp³-hybridized carbons (Fsp3) is 0.333. The zero-order valence-electron chi connectivity index (χ0n) is 8.02. The Balaban J connectivity index is 2.26. The molecule has 0 bridgehead atoms. The van der Waals surface area contributed by atoms with Crippen LogP contribution in [-0.2, 0) is 0 Å². The van der Waals surface area contributed by atoms with Crippen molar-refractivity contribution in [3.05, 3.63) is 23.4 Å². The van der Waals surface area contributed by atoms with Gasteiger partial charge in [0, 0.05) is 0 Å². The van der Waals surface area contributed by atoms with Gasteiger partial charge in [0.2, 0.25) is 11.7 Å². The molecule has 1 unspecified atom stereocenters. The molecule has 0 amide bonds. The van der Waals surface area contributed by atoms with Gasteiger partial charge in [-0.25, -0.2) is 0 Å². The monoisotopic (exact) mass is 209 g/mol. The van der Waals surface area contributed by atoms with E-state index >= 15 is 0 Å². The van der Waals surface area contributed by atoms with Crippen molar-refractivity contribution in [3.8, 4) is 10.7 Å². The molecule has 2 aromatic heterocycles. The highest BCUT2D eigenvalue weighted by molar-refractivity contribution is 7.13. The summed E-state index contributed by atoms with van der Waals surface area (Å²) in [5, 5.41) is 8.95. The molecule has 2 aromatic rings. The van der Waals surface area contributed by atoms with E-state index in [0.29, 0.717) is 11.7 Å². The zero-order valence-corrected chi connectivity index (χ0v) is 8.84. The molecule has 0 saturated carbocycles. The summed E-state index contributed by atoms with van der Waals surface area (Å²) in [5.41, 5.74) is 0. The molecule has 0 radical (unpaired) electrons. The maximum Gasteiger partial charge on any atom is 0.243 e. The third-order valence-corrected chi connectivity index (χ3v) is 2.85. The molecule has 1 N–H and O–H groups in total. The molecule has 1 atom stereocenters. The van der Waals surface area contributed by atoms with Crippen LogP contribution in [0.3, 0.4) is 0 Å². The average Bonchev–Trinajstić information content (AvgIpc) is 2.86. The number of thiophene rings is 1. The van der Waals surface area contributed by atoms with Crippen LogP contribution in [0.1, 0.15) is 18.9 Å². The Bertz CT molecular complexity index is 396. The Morgan fingerprint density at radius 3 is 3.07 bits per heavy atom. The molecule has 74 valence electrons. The van der Waals surface area contributed by atoms with Crippen LogP contribution in [0.4, 0.5) is 0 Å². The van der Waals surface area contributed by atoms with Crippen LogP contribution < -0.4 is 5.32 Å². The minimum atomic E-state index is 0.0937. The molecule has 4 nitrogen and oxygen atoms in total. The lowest BCUT2D eigenvalue weighted by Gasteiger charge is -2.01. The zero-order chi connectivity index (χ0) is 9.97. The van der Waals surface area contributed by atoms with Crippen molar-refractivity contribution >= 4 is 11.3 Å². The predicted octanol–water partition coefficient (Wildman–Crippen LogP) is 2.08. The third kappa shape index (κ3) is 1.69. The summed E-state index contributed by atoms with van der Waals surface area (Å²) in [4.78, 5) is 5.32. The van der Waals surface area contributed by atoms with E-state index in [1.807, 2.05) is 31.5 Å². The molecule has 0 aromatic carbocycles. The highest BCUT2D eigenvalue weighted by Crippen LogP contribution is 2.22. The van der Waals surface area contributed by atoms with Crippen LogP contribution in [0.15, 0.2) is 22.0 Å². The van der Waals surface area contributed by atoms with Crippen LogP contribution >= 0.6 is 11.3 Å². The second kappa shape index (κ2) is 3.89. The van der Waals surface area contributed by atoms with E-state index in [2.05, 4.69) is 15.5 Å². The Morgan fingerprint density at radius 2 is 2.43 bits per heavy atom.